The molecule has 0 saturated carbocycles. The zero-order valence-electron chi connectivity index (χ0n) is 9.46. The summed E-state index contributed by atoms with van der Waals surface area (Å²) in [6.45, 7) is 3.21. The summed E-state index contributed by atoms with van der Waals surface area (Å²) in [7, 11) is 0. The molecule has 2 aromatic rings. The molecule has 0 atom stereocenters. The molecule has 1 aromatic heterocycles. The van der Waals surface area contributed by atoms with Gasteiger partial charge in [0, 0.05) is 11.3 Å². The van der Waals surface area contributed by atoms with E-state index >= 15 is 0 Å². The summed E-state index contributed by atoms with van der Waals surface area (Å²) in [6.07, 6.45) is 0. The zero-order valence-corrected chi connectivity index (χ0v) is 9.46. The van der Waals surface area contributed by atoms with Gasteiger partial charge in [0.2, 0.25) is 5.95 Å². The lowest BCUT2D eigenvalue weighted by Gasteiger charge is -2.06. The van der Waals surface area contributed by atoms with Gasteiger partial charge in [0.25, 0.3) is 0 Å². The van der Waals surface area contributed by atoms with Gasteiger partial charge in [-0.3, -0.25) is 0 Å². The first-order chi connectivity index (χ1) is 7.99. The van der Waals surface area contributed by atoms with Crippen LogP contribution in [-0.2, 0) is 0 Å². The summed E-state index contributed by atoms with van der Waals surface area (Å²) in [6, 6.07) is 4.54. The van der Waals surface area contributed by atoms with Crippen LogP contribution < -0.4 is 5.73 Å². The topological polar surface area (TPSA) is 51.8 Å². The summed E-state index contributed by atoms with van der Waals surface area (Å²) >= 11 is 0. The number of benzene rings is 1. The quantitative estimate of drug-likeness (QED) is 0.826. The lowest BCUT2D eigenvalue weighted by molar-refractivity contribution is 0.505. The molecule has 5 heteroatoms. The van der Waals surface area contributed by atoms with Gasteiger partial charge < -0.3 is 5.73 Å². The molecule has 1 aromatic carbocycles. The molecule has 0 aliphatic rings. The van der Waals surface area contributed by atoms with Crippen molar-refractivity contribution in [2.75, 3.05) is 5.73 Å². The Hall–Kier alpha value is -2.04. The SMILES string of the molecule is Cc1cc(-c2ccc(C)c(F)c2F)nc(N)n1. The summed E-state index contributed by atoms with van der Waals surface area (Å²) < 4.78 is 27.2. The minimum absolute atomic E-state index is 0.0420. The van der Waals surface area contributed by atoms with Crippen LogP contribution in [0.2, 0.25) is 0 Å². The minimum atomic E-state index is -0.914. The first-order valence-electron chi connectivity index (χ1n) is 5.05. The van der Waals surface area contributed by atoms with Gasteiger partial charge >= 0.3 is 0 Å². The van der Waals surface area contributed by atoms with Crippen LogP contribution in [0.15, 0.2) is 18.2 Å². The summed E-state index contributed by atoms with van der Waals surface area (Å²) in [5.41, 5.74) is 6.71. The highest BCUT2D eigenvalue weighted by atomic mass is 19.2. The van der Waals surface area contributed by atoms with Crippen molar-refractivity contribution in [1.29, 1.82) is 0 Å². The molecule has 0 unspecified atom stereocenters. The molecule has 0 spiro atoms. The molecule has 0 radical (unpaired) electrons. The van der Waals surface area contributed by atoms with Crippen LogP contribution in [0.1, 0.15) is 11.3 Å². The van der Waals surface area contributed by atoms with E-state index in [1.165, 1.54) is 19.1 Å². The van der Waals surface area contributed by atoms with Crippen molar-refractivity contribution in [3.63, 3.8) is 0 Å². The Morgan fingerprint density at radius 1 is 1.06 bits per heavy atom. The molecule has 17 heavy (non-hydrogen) atoms. The van der Waals surface area contributed by atoms with Crippen LogP contribution >= 0.6 is 0 Å². The molecule has 1 heterocycles. The number of rotatable bonds is 1. The van der Waals surface area contributed by atoms with Crippen molar-refractivity contribution in [2.45, 2.75) is 13.8 Å². The number of nitrogen functional groups attached to an aromatic ring is 1. The lowest BCUT2D eigenvalue weighted by Crippen LogP contribution is -2.00. The van der Waals surface area contributed by atoms with E-state index in [9.17, 15) is 8.78 Å². The second kappa shape index (κ2) is 4.08. The number of aromatic nitrogens is 2. The maximum absolute atomic E-state index is 13.7. The van der Waals surface area contributed by atoms with Gasteiger partial charge in [-0.25, -0.2) is 18.7 Å². The Balaban J connectivity index is 2.64. The highest BCUT2D eigenvalue weighted by molar-refractivity contribution is 5.62. The van der Waals surface area contributed by atoms with Gasteiger partial charge in [-0.15, -0.1) is 0 Å². The van der Waals surface area contributed by atoms with Crippen LogP contribution in [0, 0.1) is 25.5 Å². The van der Waals surface area contributed by atoms with E-state index in [4.69, 9.17) is 5.73 Å². The van der Waals surface area contributed by atoms with Crippen LogP contribution in [0.3, 0.4) is 0 Å². The lowest BCUT2D eigenvalue weighted by atomic mass is 10.1. The Bertz CT molecular complexity index is 562. The number of hydrogen-bond acceptors (Lipinski definition) is 3. The smallest absolute Gasteiger partial charge is 0.220 e. The van der Waals surface area contributed by atoms with Gasteiger partial charge in [0.15, 0.2) is 11.6 Å². The average Bonchev–Trinajstić information content (AvgIpc) is 2.24. The van der Waals surface area contributed by atoms with E-state index in [2.05, 4.69) is 9.97 Å². The fourth-order valence-corrected chi connectivity index (χ4v) is 1.57. The van der Waals surface area contributed by atoms with Crippen molar-refractivity contribution in [2.24, 2.45) is 0 Å². The third kappa shape index (κ3) is 2.08. The third-order valence-corrected chi connectivity index (χ3v) is 2.42. The Kier molecular flexibility index (Phi) is 2.75. The Morgan fingerprint density at radius 3 is 2.41 bits per heavy atom. The first-order valence-corrected chi connectivity index (χ1v) is 5.05. The van der Waals surface area contributed by atoms with Crippen LogP contribution in [-0.4, -0.2) is 9.97 Å². The second-order valence-corrected chi connectivity index (χ2v) is 3.81. The maximum atomic E-state index is 13.7. The Labute approximate surface area is 97.3 Å². The van der Waals surface area contributed by atoms with Gasteiger partial charge in [0.05, 0.1) is 5.69 Å². The van der Waals surface area contributed by atoms with Gasteiger partial charge in [0.1, 0.15) is 0 Å². The molecular formula is C12H11F2N3. The number of anilines is 1. The molecule has 2 N–H and O–H groups in total. The normalized spacial score (nSPS) is 10.6. The van der Waals surface area contributed by atoms with Gasteiger partial charge in [-0.05, 0) is 31.5 Å². The molecular weight excluding hydrogens is 224 g/mol. The first kappa shape index (κ1) is 11.4. The Morgan fingerprint density at radius 2 is 1.76 bits per heavy atom. The van der Waals surface area contributed by atoms with Crippen LogP contribution in [0.4, 0.5) is 14.7 Å². The van der Waals surface area contributed by atoms with E-state index in [1.807, 2.05) is 0 Å². The fraction of sp³-hybridized carbons (Fsp3) is 0.167. The largest absolute Gasteiger partial charge is 0.368 e. The van der Waals surface area contributed by atoms with E-state index in [0.717, 1.165) is 0 Å². The fourth-order valence-electron chi connectivity index (χ4n) is 1.57. The molecule has 2 rings (SSSR count). The van der Waals surface area contributed by atoms with Crippen molar-refractivity contribution < 1.29 is 8.78 Å². The molecule has 0 bridgehead atoms. The average molecular weight is 235 g/mol. The van der Waals surface area contributed by atoms with Crippen molar-refractivity contribution >= 4 is 5.95 Å². The summed E-state index contributed by atoms with van der Waals surface area (Å²) in [5, 5.41) is 0. The highest BCUT2D eigenvalue weighted by Crippen LogP contribution is 2.25. The van der Waals surface area contributed by atoms with Crippen molar-refractivity contribution in [1.82, 2.24) is 9.97 Å². The van der Waals surface area contributed by atoms with Crippen LogP contribution in [0.25, 0.3) is 11.3 Å². The van der Waals surface area contributed by atoms with E-state index in [0.29, 0.717) is 5.69 Å². The maximum Gasteiger partial charge on any atom is 0.220 e. The predicted octanol–water partition coefficient (Wildman–Crippen LogP) is 2.62. The molecule has 0 amide bonds. The van der Waals surface area contributed by atoms with Crippen molar-refractivity contribution in [3.05, 3.63) is 41.1 Å². The molecule has 0 aliphatic heterocycles. The molecule has 0 saturated heterocycles. The number of hydrogen-bond donors (Lipinski definition) is 1. The van der Waals surface area contributed by atoms with Gasteiger partial charge in [-0.2, -0.15) is 0 Å². The highest BCUT2D eigenvalue weighted by Gasteiger charge is 2.14. The number of nitrogens with zero attached hydrogens (tertiary/aromatic N) is 2. The van der Waals surface area contributed by atoms with Crippen LogP contribution in [0.5, 0.6) is 0 Å². The second-order valence-electron chi connectivity index (χ2n) is 3.81. The molecule has 88 valence electrons. The zero-order chi connectivity index (χ0) is 12.6. The van der Waals surface area contributed by atoms with E-state index in [-0.39, 0.29) is 22.8 Å². The molecule has 0 fully saturated rings. The summed E-state index contributed by atoms with van der Waals surface area (Å²) in [5.74, 6) is -1.74. The predicted molar refractivity (Wildman–Crippen MR) is 61.3 cm³/mol. The molecule has 3 nitrogen and oxygen atoms in total. The van der Waals surface area contributed by atoms with E-state index in [1.54, 1.807) is 13.0 Å². The molecule has 0 aliphatic carbocycles. The van der Waals surface area contributed by atoms with Gasteiger partial charge in [-0.1, -0.05) is 6.07 Å². The monoisotopic (exact) mass is 235 g/mol. The van der Waals surface area contributed by atoms with Crippen molar-refractivity contribution in [3.8, 4) is 11.3 Å². The number of aryl methyl sites for hydroxylation is 2. The van der Waals surface area contributed by atoms with E-state index < -0.39 is 11.6 Å². The summed E-state index contributed by atoms with van der Waals surface area (Å²) in [4.78, 5) is 7.78. The minimum Gasteiger partial charge on any atom is -0.368 e. The number of nitrogens with two attached hydrogens (primary N) is 1. The standard InChI is InChI=1S/C12H11F2N3/c1-6-3-4-8(11(14)10(6)13)9-5-7(2)16-12(15)17-9/h3-5H,1-2H3,(H2,15,16,17). The number of halogens is 2. The third-order valence-electron chi connectivity index (χ3n) is 2.42.